The zero-order valence-electron chi connectivity index (χ0n) is 12.3. The Morgan fingerprint density at radius 1 is 0.952 bits per heavy atom. The minimum Gasteiger partial charge on any atom is -0.497 e. The fraction of sp³-hybridized carbons (Fsp3) is 0.188. The molecule has 2 aromatic rings. The van der Waals surface area contributed by atoms with Gasteiger partial charge < -0.3 is 20.1 Å². The Morgan fingerprint density at radius 2 is 1.62 bits per heavy atom. The molecule has 0 aliphatic heterocycles. The van der Waals surface area contributed by atoms with Gasteiger partial charge in [-0.05, 0) is 42.5 Å². The molecule has 2 aromatic carbocycles. The van der Waals surface area contributed by atoms with Crippen molar-refractivity contribution in [2.45, 2.75) is 6.92 Å². The molecule has 2 rings (SSSR count). The Balaban J connectivity index is 2.25. The molecule has 1 amide bonds. The molecule has 0 atom stereocenters. The van der Waals surface area contributed by atoms with Gasteiger partial charge in [-0.3, -0.25) is 4.79 Å². The van der Waals surface area contributed by atoms with Crippen molar-refractivity contribution in [3.05, 3.63) is 42.5 Å². The number of nitrogens with one attached hydrogen (secondary N) is 2. The van der Waals surface area contributed by atoms with Crippen molar-refractivity contribution in [2.24, 2.45) is 0 Å². The highest BCUT2D eigenvalue weighted by Gasteiger charge is 2.06. The highest BCUT2D eigenvalue weighted by atomic mass is 16.5. The van der Waals surface area contributed by atoms with E-state index in [1.807, 2.05) is 30.3 Å². The average Bonchev–Trinajstić information content (AvgIpc) is 2.48. The third kappa shape index (κ3) is 3.89. The van der Waals surface area contributed by atoms with Crippen molar-refractivity contribution in [2.75, 3.05) is 24.9 Å². The van der Waals surface area contributed by atoms with Gasteiger partial charge in [0.25, 0.3) is 0 Å². The Morgan fingerprint density at radius 3 is 2.19 bits per heavy atom. The maximum Gasteiger partial charge on any atom is 0.221 e. The summed E-state index contributed by atoms with van der Waals surface area (Å²) < 4.78 is 10.4. The van der Waals surface area contributed by atoms with Crippen molar-refractivity contribution < 1.29 is 14.3 Å². The molecule has 0 spiro atoms. The summed E-state index contributed by atoms with van der Waals surface area (Å²) in [4.78, 5) is 11.1. The van der Waals surface area contributed by atoms with E-state index in [1.54, 1.807) is 26.4 Å². The molecular formula is C16H18N2O3. The van der Waals surface area contributed by atoms with E-state index in [-0.39, 0.29) is 5.91 Å². The topological polar surface area (TPSA) is 59.6 Å². The molecule has 0 fully saturated rings. The van der Waals surface area contributed by atoms with Crippen LogP contribution in [0.2, 0.25) is 0 Å². The number of benzene rings is 2. The van der Waals surface area contributed by atoms with Crippen LogP contribution >= 0.6 is 0 Å². The van der Waals surface area contributed by atoms with Crippen molar-refractivity contribution in [1.82, 2.24) is 0 Å². The molecule has 0 aromatic heterocycles. The van der Waals surface area contributed by atoms with Gasteiger partial charge in [0.15, 0.2) is 0 Å². The molecule has 0 bridgehead atoms. The number of carbonyl (C=O) groups is 1. The number of hydrogen-bond acceptors (Lipinski definition) is 4. The zero-order valence-corrected chi connectivity index (χ0v) is 12.3. The summed E-state index contributed by atoms with van der Waals surface area (Å²) in [7, 11) is 3.23. The Kier molecular flexibility index (Phi) is 4.66. The second-order valence-electron chi connectivity index (χ2n) is 4.45. The highest BCUT2D eigenvalue weighted by Crippen LogP contribution is 2.31. The maximum absolute atomic E-state index is 11.1. The van der Waals surface area contributed by atoms with Crippen molar-refractivity contribution in [3.63, 3.8) is 0 Å². The van der Waals surface area contributed by atoms with Gasteiger partial charge in [0.1, 0.15) is 11.5 Å². The van der Waals surface area contributed by atoms with E-state index in [1.165, 1.54) is 6.92 Å². The average molecular weight is 286 g/mol. The smallest absolute Gasteiger partial charge is 0.221 e. The summed E-state index contributed by atoms with van der Waals surface area (Å²) >= 11 is 0. The van der Waals surface area contributed by atoms with Crippen LogP contribution in [-0.4, -0.2) is 20.1 Å². The first kappa shape index (κ1) is 14.7. The Labute approximate surface area is 123 Å². The van der Waals surface area contributed by atoms with Gasteiger partial charge >= 0.3 is 0 Å². The summed E-state index contributed by atoms with van der Waals surface area (Å²) in [6, 6.07) is 13.0. The van der Waals surface area contributed by atoms with E-state index in [4.69, 9.17) is 9.47 Å². The molecule has 0 radical (unpaired) electrons. The lowest BCUT2D eigenvalue weighted by Crippen LogP contribution is -2.06. The van der Waals surface area contributed by atoms with Crippen molar-refractivity contribution in [1.29, 1.82) is 0 Å². The number of amides is 1. The number of anilines is 3. The normalized spacial score (nSPS) is 9.86. The summed E-state index contributed by atoms with van der Waals surface area (Å²) in [5.41, 5.74) is 2.38. The van der Waals surface area contributed by atoms with E-state index in [0.29, 0.717) is 11.4 Å². The van der Waals surface area contributed by atoms with Crippen LogP contribution in [0.1, 0.15) is 6.92 Å². The SMILES string of the molecule is COc1ccc(Nc2cc(NC(C)=O)ccc2OC)cc1. The van der Waals surface area contributed by atoms with Crippen LogP contribution in [0.4, 0.5) is 17.1 Å². The summed E-state index contributed by atoms with van der Waals surface area (Å²) in [6.07, 6.45) is 0. The fourth-order valence-electron chi connectivity index (χ4n) is 1.92. The highest BCUT2D eigenvalue weighted by molar-refractivity contribution is 5.90. The van der Waals surface area contributed by atoms with Gasteiger partial charge in [0.2, 0.25) is 5.91 Å². The monoisotopic (exact) mass is 286 g/mol. The lowest BCUT2D eigenvalue weighted by Gasteiger charge is -2.13. The third-order valence-electron chi connectivity index (χ3n) is 2.89. The van der Waals surface area contributed by atoms with E-state index >= 15 is 0 Å². The zero-order chi connectivity index (χ0) is 15.2. The Bertz CT molecular complexity index is 624. The first-order valence-electron chi connectivity index (χ1n) is 6.49. The maximum atomic E-state index is 11.1. The molecule has 0 unspecified atom stereocenters. The first-order valence-corrected chi connectivity index (χ1v) is 6.49. The predicted octanol–water partition coefficient (Wildman–Crippen LogP) is 3.41. The van der Waals surface area contributed by atoms with Gasteiger partial charge in [0.05, 0.1) is 19.9 Å². The molecule has 0 aliphatic rings. The van der Waals surface area contributed by atoms with Gasteiger partial charge in [-0.1, -0.05) is 0 Å². The molecule has 2 N–H and O–H groups in total. The summed E-state index contributed by atoms with van der Waals surface area (Å²) in [5, 5.41) is 6.00. The largest absolute Gasteiger partial charge is 0.497 e. The minimum absolute atomic E-state index is 0.115. The van der Waals surface area contributed by atoms with Crippen LogP contribution in [-0.2, 0) is 4.79 Å². The number of hydrogen-bond donors (Lipinski definition) is 2. The van der Waals surface area contributed by atoms with Crippen LogP contribution in [0.3, 0.4) is 0 Å². The molecule has 5 heteroatoms. The van der Waals surface area contributed by atoms with E-state index in [2.05, 4.69) is 10.6 Å². The number of rotatable bonds is 5. The predicted molar refractivity (Wildman–Crippen MR) is 83.6 cm³/mol. The van der Waals surface area contributed by atoms with Crippen LogP contribution < -0.4 is 20.1 Å². The fourth-order valence-corrected chi connectivity index (χ4v) is 1.92. The molecular weight excluding hydrogens is 268 g/mol. The Hall–Kier alpha value is -2.69. The number of methoxy groups -OCH3 is 2. The van der Waals surface area contributed by atoms with Crippen LogP contribution in [0.25, 0.3) is 0 Å². The van der Waals surface area contributed by atoms with Crippen LogP contribution in [0.5, 0.6) is 11.5 Å². The number of carbonyl (C=O) groups excluding carboxylic acids is 1. The summed E-state index contributed by atoms with van der Waals surface area (Å²) in [6.45, 7) is 1.47. The molecule has 5 nitrogen and oxygen atoms in total. The summed E-state index contributed by atoms with van der Waals surface area (Å²) in [5.74, 6) is 1.37. The quantitative estimate of drug-likeness (QED) is 0.884. The molecule has 0 aliphatic carbocycles. The van der Waals surface area contributed by atoms with Gasteiger partial charge in [0, 0.05) is 18.3 Å². The van der Waals surface area contributed by atoms with Crippen LogP contribution in [0.15, 0.2) is 42.5 Å². The third-order valence-corrected chi connectivity index (χ3v) is 2.89. The van der Waals surface area contributed by atoms with Crippen molar-refractivity contribution in [3.8, 4) is 11.5 Å². The number of ether oxygens (including phenoxy) is 2. The lowest BCUT2D eigenvalue weighted by molar-refractivity contribution is -0.114. The van der Waals surface area contributed by atoms with E-state index in [9.17, 15) is 4.79 Å². The molecule has 0 heterocycles. The van der Waals surface area contributed by atoms with Crippen molar-refractivity contribution >= 4 is 23.0 Å². The van der Waals surface area contributed by atoms with E-state index in [0.717, 1.165) is 17.1 Å². The van der Waals surface area contributed by atoms with Gasteiger partial charge in [-0.15, -0.1) is 0 Å². The van der Waals surface area contributed by atoms with Crippen LogP contribution in [0, 0.1) is 0 Å². The standard InChI is InChI=1S/C16H18N2O3/c1-11(19)17-13-6-9-16(21-3)15(10-13)18-12-4-7-14(20-2)8-5-12/h4-10,18H,1-3H3,(H,17,19). The second kappa shape index (κ2) is 6.65. The molecule has 0 saturated heterocycles. The molecule has 110 valence electrons. The van der Waals surface area contributed by atoms with Gasteiger partial charge in [-0.2, -0.15) is 0 Å². The lowest BCUT2D eigenvalue weighted by atomic mass is 10.2. The van der Waals surface area contributed by atoms with E-state index < -0.39 is 0 Å². The first-order chi connectivity index (χ1) is 10.1. The minimum atomic E-state index is -0.115. The molecule has 0 saturated carbocycles. The van der Waals surface area contributed by atoms with Gasteiger partial charge in [-0.25, -0.2) is 0 Å². The molecule has 21 heavy (non-hydrogen) atoms. The second-order valence-corrected chi connectivity index (χ2v) is 4.45.